The lowest BCUT2D eigenvalue weighted by Crippen LogP contribution is -2.31. The fourth-order valence-corrected chi connectivity index (χ4v) is 3.86. The third kappa shape index (κ3) is 3.08. The second kappa shape index (κ2) is 7.81. The van der Waals surface area contributed by atoms with Crippen LogP contribution in [0.3, 0.4) is 0 Å². The molecule has 0 atom stereocenters. The number of rotatable bonds is 3. The summed E-state index contributed by atoms with van der Waals surface area (Å²) >= 11 is 0. The fourth-order valence-electron chi connectivity index (χ4n) is 3.86. The maximum atomic E-state index is 13.4. The van der Waals surface area contributed by atoms with E-state index in [1.807, 2.05) is 0 Å². The van der Waals surface area contributed by atoms with Crippen LogP contribution in [0.25, 0.3) is 11.1 Å². The molecule has 0 amide bonds. The molecule has 0 radical (unpaired) electrons. The predicted molar refractivity (Wildman–Crippen MR) is 120 cm³/mol. The summed E-state index contributed by atoms with van der Waals surface area (Å²) in [5.74, 6) is -0.997. The summed E-state index contributed by atoms with van der Waals surface area (Å²) in [5, 5.41) is 0. The fraction of sp³-hybridized carbons (Fsp3) is 0.167. The van der Waals surface area contributed by atoms with Gasteiger partial charge < -0.3 is 0 Å². The van der Waals surface area contributed by atoms with Crippen LogP contribution in [0, 0.1) is 13.8 Å². The second-order valence-corrected chi connectivity index (χ2v) is 7.54. The molecule has 0 saturated heterocycles. The highest BCUT2D eigenvalue weighted by Gasteiger charge is 2.29. The molecule has 0 unspecified atom stereocenters. The normalized spacial score (nSPS) is 11.0. The molecule has 0 aliphatic rings. The topological polar surface area (TPSA) is 88.0 Å². The Bertz CT molecular complexity index is 1350. The van der Waals surface area contributed by atoms with Gasteiger partial charge in [-0.3, -0.25) is 28.5 Å². The molecule has 2 aromatic carbocycles. The quantitative estimate of drug-likeness (QED) is 0.499. The van der Waals surface area contributed by atoms with Gasteiger partial charge in [0.25, 0.3) is 22.9 Å². The van der Waals surface area contributed by atoms with E-state index in [2.05, 4.69) is 0 Å². The van der Waals surface area contributed by atoms with Gasteiger partial charge in [0.15, 0.2) is 0 Å². The van der Waals surface area contributed by atoms with E-state index in [-0.39, 0.29) is 11.1 Å². The molecule has 162 valence electrons. The van der Waals surface area contributed by atoms with Crippen molar-refractivity contribution in [3.05, 3.63) is 104 Å². The number of benzene rings is 2. The van der Waals surface area contributed by atoms with Gasteiger partial charge in [-0.1, -0.05) is 36.4 Å². The minimum absolute atomic E-state index is 0.106. The maximum Gasteiger partial charge on any atom is 0.282 e. The zero-order valence-electron chi connectivity index (χ0n) is 18.2. The molecule has 4 rings (SSSR count). The van der Waals surface area contributed by atoms with Gasteiger partial charge in [-0.05, 0) is 38.1 Å². The lowest BCUT2D eigenvalue weighted by atomic mass is 10.1. The standard InChI is InChI=1S/C24H22N4O4/c1-15-19(23(31)27(25(15)3)21(29)17-11-7-5-8-12-17)20-16(2)26(4)28(24(20)32)22(30)18-13-9-6-10-14-18/h5-14H,1-4H3. The Morgan fingerprint density at radius 3 is 1.22 bits per heavy atom. The summed E-state index contributed by atoms with van der Waals surface area (Å²) in [4.78, 5) is 52.8. The van der Waals surface area contributed by atoms with Crippen molar-refractivity contribution in [2.45, 2.75) is 13.8 Å². The minimum Gasteiger partial charge on any atom is -0.282 e. The number of hydrogen-bond donors (Lipinski definition) is 0. The van der Waals surface area contributed by atoms with Gasteiger partial charge in [0.1, 0.15) is 0 Å². The van der Waals surface area contributed by atoms with E-state index >= 15 is 0 Å². The van der Waals surface area contributed by atoms with Crippen molar-refractivity contribution < 1.29 is 9.59 Å². The first-order chi connectivity index (χ1) is 15.3. The molecule has 0 fully saturated rings. The lowest BCUT2D eigenvalue weighted by Gasteiger charge is -2.06. The van der Waals surface area contributed by atoms with E-state index < -0.39 is 22.9 Å². The van der Waals surface area contributed by atoms with Crippen molar-refractivity contribution in [3.8, 4) is 11.1 Å². The summed E-state index contributed by atoms with van der Waals surface area (Å²) in [6, 6.07) is 16.9. The van der Waals surface area contributed by atoms with Crippen LogP contribution in [0.1, 0.15) is 32.1 Å². The molecule has 0 spiro atoms. The maximum absolute atomic E-state index is 13.4. The molecule has 4 aromatic rings. The average molecular weight is 430 g/mol. The highest BCUT2D eigenvalue weighted by Crippen LogP contribution is 2.22. The Morgan fingerprint density at radius 2 is 0.906 bits per heavy atom. The number of aromatic nitrogens is 4. The van der Waals surface area contributed by atoms with E-state index in [1.54, 1.807) is 88.6 Å². The Morgan fingerprint density at radius 1 is 0.594 bits per heavy atom. The van der Waals surface area contributed by atoms with Crippen LogP contribution in [0.15, 0.2) is 70.3 Å². The molecule has 8 heteroatoms. The average Bonchev–Trinajstić information content (AvgIpc) is 3.16. The van der Waals surface area contributed by atoms with Crippen LogP contribution in [-0.2, 0) is 14.1 Å². The van der Waals surface area contributed by atoms with Gasteiger partial charge >= 0.3 is 0 Å². The number of hydrogen-bond acceptors (Lipinski definition) is 4. The molecule has 32 heavy (non-hydrogen) atoms. The minimum atomic E-state index is -0.607. The number of carbonyl (C=O) groups is 2. The lowest BCUT2D eigenvalue weighted by molar-refractivity contribution is 0.0918. The largest absolute Gasteiger partial charge is 0.282 e. The van der Waals surface area contributed by atoms with E-state index in [9.17, 15) is 19.2 Å². The number of carbonyl (C=O) groups excluding carboxylic acids is 2. The molecule has 0 aliphatic carbocycles. The molecule has 0 aliphatic heterocycles. The van der Waals surface area contributed by atoms with Gasteiger partial charge in [0.2, 0.25) is 0 Å². The van der Waals surface area contributed by atoms with Crippen LogP contribution in [0.2, 0.25) is 0 Å². The zero-order valence-corrected chi connectivity index (χ0v) is 18.2. The first kappa shape index (κ1) is 21.0. The van der Waals surface area contributed by atoms with Crippen molar-refractivity contribution in [1.29, 1.82) is 0 Å². The van der Waals surface area contributed by atoms with Crippen molar-refractivity contribution in [2.75, 3.05) is 0 Å². The first-order valence-corrected chi connectivity index (χ1v) is 10.0. The first-order valence-electron chi connectivity index (χ1n) is 10.0. The van der Waals surface area contributed by atoms with Crippen molar-refractivity contribution >= 4 is 11.8 Å². The second-order valence-electron chi connectivity index (χ2n) is 7.54. The summed E-state index contributed by atoms with van der Waals surface area (Å²) in [6.07, 6.45) is 0. The van der Waals surface area contributed by atoms with Gasteiger partial charge in [-0.25, -0.2) is 0 Å². The van der Waals surface area contributed by atoms with Crippen LogP contribution >= 0.6 is 0 Å². The summed E-state index contributed by atoms with van der Waals surface area (Å²) < 4.78 is 4.88. The SMILES string of the molecule is Cc1c(-c2c(C)n(C)n(C(=O)c3ccccc3)c2=O)c(=O)n(C(=O)c2ccccc2)n1C. The van der Waals surface area contributed by atoms with Gasteiger partial charge in [0.05, 0.1) is 11.1 Å². The third-order valence-electron chi connectivity index (χ3n) is 5.78. The van der Waals surface area contributed by atoms with Gasteiger partial charge in [-0.15, -0.1) is 0 Å². The molecule has 0 N–H and O–H groups in total. The van der Waals surface area contributed by atoms with E-state index in [4.69, 9.17) is 0 Å². The Hall–Kier alpha value is -4.20. The summed E-state index contributed by atoms with van der Waals surface area (Å²) in [6.45, 7) is 3.33. The van der Waals surface area contributed by atoms with Crippen LogP contribution in [0.4, 0.5) is 0 Å². The summed E-state index contributed by atoms with van der Waals surface area (Å²) in [5.41, 5.74) is 0.595. The molecular weight excluding hydrogens is 408 g/mol. The molecule has 8 nitrogen and oxygen atoms in total. The highest BCUT2D eigenvalue weighted by molar-refractivity contribution is 5.97. The molecule has 0 saturated carbocycles. The monoisotopic (exact) mass is 430 g/mol. The van der Waals surface area contributed by atoms with Crippen molar-refractivity contribution in [3.63, 3.8) is 0 Å². The van der Waals surface area contributed by atoms with Crippen molar-refractivity contribution in [1.82, 2.24) is 18.7 Å². The van der Waals surface area contributed by atoms with Crippen molar-refractivity contribution in [2.24, 2.45) is 14.1 Å². The molecule has 0 bridgehead atoms. The summed E-state index contributed by atoms with van der Waals surface area (Å²) in [7, 11) is 3.18. The van der Waals surface area contributed by atoms with Crippen LogP contribution in [0.5, 0.6) is 0 Å². The Kier molecular flexibility index (Phi) is 5.14. The Balaban J connectivity index is 1.93. The molecule has 2 heterocycles. The van der Waals surface area contributed by atoms with E-state index in [0.29, 0.717) is 22.5 Å². The predicted octanol–water partition coefficient (Wildman–Crippen LogP) is 2.35. The number of nitrogens with zero attached hydrogens (tertiary/aromatic N) is 4. The van der Waals surface area contributed by atoms with E-state index in [1.165, 1.54) is 9.36 Å². The van der Waals surface area contributed by atoms with Gasteiger partial charge in [-0.2, -0.15) is 9.36 Å². The zero-order chi connectivity index (χ0) is 23.2. The highest BCUT2D eigenvalue weighted by atomic mass is 16.2. The molecular formula is C24H22N4O4. The van der Waals surface area contributed by atoms with Crippen LogP contribution in [-0.4, -0.2) is 30.5 Å². The smallest absolute Gasteiger partial charge is 0.282 e. The third-order valence-corrected chi connectivity index (χ3v) is 5.78. The van der Waals surface area contributed by atoms with E-state index in [0.717, 1.165) is 9.36 Å². The molecule has 2 aromatic heterocycles. The van der Waals surface area contributed by atoms with Crippen LogP contribution < -0.4 is 11.1 Å². The van der Waals surface area contributed by atoms with Gasteiger partial charge in [0, 0.05) is 36.6 Å². The Labute approximate surface area is 183 Å².